The van der Waals surface area contributed by atoms with Crippen molar-refractivity contribution in [3.05, 3.63) is 99.2 Å². The van der Waals surface area contributed by atoms with Crippen LogP contribution in [0.5, 0.6) is 0 Å². The van der Waals surface area contributed by atoms with Gasteiger partial charge in [0.25, 0.3) is 5.56 Å². The third kappa shape index (κ3) is 3.24. The largest absolute Gasteiger partial charge is 0.268 e. The van der Waals surface area contributed by atoms with Crippen LogP contribution in [0.3, 0.4) is 0 Å². The molecule has 0 saturated heterocycles. The Morgan fingerprint density at radius 2 is 1.67 bits per heavy atom. The predicted octanol–water partition coefficient (Wildman–Crippen LogP) is 6.51. The summed E-state index contributed by atoms with van der Waals surface area (Å²) in [4.78, 5) is 20.4. The van der Waals surface area contributed by atoms with Gasteiger partial charge in [0, 0.05) is 10.6 Å². The summed E-state index contributed by atoms with van der Waals surface area (Å²) in [6, 6.07) is 24.6. The lowest BCUT2D eigenvalue weighted by Crippen LogP contribution is -2.21. The molecule has 3 aromatic carbocycles. The summed E-state index contributed by atoms with van der Waals surface area (Å²) in [5.41, 5.74) is 3.13. The molecular formula is C25H20N2OS2. The van der Waals surface area contributed by atoms with Crippen LogP contribution in [0.2, 0.25) is 0 Å². The highest BCUT2D eigenvalue weighted by atomic mass is 32.2. The van der Waals surface area contributed by atoms with Gasteiger partial charge in [-0.05, 0) is 47.9 Å². The van der Waals surface area contributed by atoms with Crippen LogP contribution in [-0.4, -0.2) is 9.55 Å². The van der Waals surface area contributed by atoms with Gasteiger partial charge in [-0.15, -0.1) is 11.3 Å². The van der Waals surface area contributed by atoms with Crippen molar-refractivity contribution >= 4 is 44.1 Å². The monoisotopic (exact) mass is 428 g/mol. The van der Waals surface area contributed by atoms with Crippen LogP contribution in [0.1, 0.15) is 16.0 Å². The van der Waals surface area contributed by atoms with E-state index in [1.54, 1.807) is 27.7 Å². The quantitative estimate of drug-likeness (QED) is 0.242. The highest BCUT2D eigenvalue weighted by Crippen LogP contribution is 2.31. The molecule has 2 heterocycles. The van der Waals surface area contributed by atoms with Gasteiger partial charge in [-0.1, -0.05) is 72.4 Å². The van der Waals surface area contributed by atoms with Gasteiger partial charge >= 0.3 is 0 Å². The number of aromatic nitrogens is 2. The topological polar surface area (TPSA) is 34.9 Å². The number of nitrogens with zero attached hydrogens (tertiary/aromatic N) is 2. The number of hydrogen-bond donors (Lipinski definition) is 0. The SMILES string of the molecule is Cc1sc2nc(SCc3cccc4ccccc34)n(-c3ccccc3)c(=O)c2c1C. The lowest BCUT2D eigenvalue weighted by molar-refractivity contribution is 0.822. The van der Waals surface area contributed by atoms with Crippen molar-refractivity contribution in [1.29, 1.82) is 0 Å². The van der Waals surface area contributed by atoms with Crippen molar-refractivity contribution in [2.45, 2.75) is 24.8 Å². The molecule has 0 atom stereocenters. The Bertz CT molecular complexity index is 1430. The number of thiophene rings is 1. The number of benzene rings is 3. The van der Waals surface area contributed by atoms with E-state index in [-0.39, 0.29) is 5.56 Å². The highest BCUT2D eigenvalue weighted by molar-refractivity contribution is 7.98. The third-order valence-corrected chi connectivity index (χ3v) is 7.51. The fourth-order valence-electron chi connectivity index (χ4n) is 3.74. The van der Waals surface area contributed by atoms with E-state index in [1.165, 1.54) is 16.3 Å². The van der Waals surface area contributed by atoms with E-state index in [0.29, 0.717) is 0 Å². The lowest BCUT2D eigenvalue weighted by Gasteiger charge is -2.13. The summed E-state index contributed by atoms with van der Waals surface area (Å²) in [6.45, 7) is 4.06. The predicted molar refractivity (Wildman–Crippen MR) is 128 cm³/mol. The van der Waals surface area contributed by atoms with Gasteiger partial charge in [-0.25, -0.2) is 4.98 Å². The molecule has 2 aromatic heterocycles. The molecule has 0 aliphatic heterocycles. The average Bonchev–Trinajstić information content (AvgIpc) is 3.06. The van der Waals surface area contributed by atoms with Crippen LogP contribution in [0.25, 0.3) is 26.7 Å². The van der Waals surface area contributed by atoms with E-state index >= 15 is 0 Å². The Kier molecular flexibility index (Phi) is 4.93. The smallest absolute Gasteiger partial charge is 0.267 e. The number of hydrogen-bond acceptors (Lipinski definition) is 4. The molecule has 0 amide bonds. The zero-order valence-electron chi connectivity index (χ0n) is 16.8. The molecule has 0 fully saturated rings. The van der Waals surface area contributed by atoms with Gasteiger partial charge in [0.05, 0.1) is 11.1 Å². The third-order valence-electron chi connectivity index (χ3n) is 5.42. The minimum absolute atomic E-state index is 0.00784. The molecule has 5 aromatic rings. The summed E-state index contributed by atoms with van der Waals surface area (Å²) in [6.07, 6.45) is 0. The first-order valence-corrected chi connectivity index (χ1v) is 11.6. The standard InChI is InChI=1S/C25H20N2OS2/c1-16-17(2)30-23-22(16)24(28)27(20-12-4-3-5-13-20)25(26-23)29-15-19-11-8-10-18-9-6-7-14-21(18)19/h3-14H,15H2,1-2H3. The first-order chi connectivity index (χ1) is 14.6. The molecule has 0 saturated carbocycles. The summed E-state index contributed by atoms with van der Waals surface area (Å²) in [7, 11) is 0. The van der Waals surface area contributed by atoms with Crippen LogP contribution in [0.15, 0.2) is 82.7 Å². The molecule has 0 aliphatic carbocycles. The fraction of sp³-hybridized carbons (Fsp3) is 0.120. The number of aryl methyl sites for hydroxylation is 2. The molecule has 148 valence electrons. The molecule has 0 bridgehead atoms. The van der Waals surface area contributed by atoms with Crippen LogP contribution in [0, 0.1) is 13.8 Å². The molecule has 5 heteroatoms. The minimum atomic E-state index is 0.00784. The second-order valence-corrected chi connectivity index (χ2v) is 9.41. The molecule has 0 N–H and O–H groups in total. The van der Waals surface area contributed by atoms with Gasteiger partial charge in [0.2, 0.25) is 0 Å². The minimum Gasteiger partial charge on any atom is -0.268 e. The maximum absolute atomic E-state index is 13.5. The first-order valence-electron chi connectivity index (χ1n) is 9.81. The number of thioether (sulfide) groups is 1. The summed E-state index contributed by atoms with van der Waals surface area (Å²) in [5.74, 6) is 0.746. The molecule has 0 unspecified atom stereocenters. The van der Waals surface area contributed by atoms with E-state index in [9.17, 15) is 4.79 Å². The zero-order chi connectivity index (χ0) is 20.7. The number of fused-ring (bicyclic) bond motifs is 2. The Balaban J connectivity index is 1.65. The summed E-state index contributed by atoms with van der Waals surface area (Å²) < 4.78 is 1.76. The van der Waals surface area contributed by atoms with Gasteiger partial charge in [-0.3, -0.25) is 9.36 Å². The van der Waals surface area contributed by atoms with Gasteiger partial charge in [-0.2, -0.15) is 0 Å². The van der Waals surface area contributed by atoms with Crippen LogP contribution in [-0.2, 0) is 5.75 Å². The molecule has 5 rings (SSSR count). The zero-order valence-corrected chi connectivity index (χ0v) is 18.4. The first kappa shape index (κ1) is 19.1. The lowest BCUT2D eigenvalue weighted by atomic mass is 10.1. The maximum atomic E-state index is 13.5. The Morgan fingerprint density at radius 1 is 0.933 bits per heavy atom. The van der Waals surface area contributed by atoms with Crippen molar-refractivity contribution in [3.8, 4) is 5.69 Å². The molecule has 3 nitrogen and oxygen atoms in total. The molecule has 0 spiro atoms. The number of para-hydroxylation sites is 1. The molecule has 0 radical (unpaired) electrons. The van der Waals surface area contributed by atoms with Crippen molar-refractivity contribution in [2.24, 2.45) is 0 Å². The average molecular weight is 429 g/mol. The summed E-state index contributed by atoms with van der Waals surface area (Å²) in [5, 5.41) is 3.93. The van der Waals surface area contributed by atoms with E-state index in [1.807, 2.05) is 37.3 Å². The van der Waals surface area contributed by atoms with Crippen molar-refractivity contribution in [3.63, 3.8) is 0 Å². The van der Waals surface area contributed by atoms with E-state index in [2.05, 4.69) is 49.4 Å². The second-order valence-electron chi connectivity index (χ2n) is 7.26. The molecular weight excluding hydrogens is 408 g/mol. The Morgan fingerprint density at radius 3 is 2.50 bits per heavy atom. The van der Waals surface area contributed by atoms with E-state index < -0.39 is 0 Å². The van der Waals surface area contributed by atoms with Crippen LogP contribution in [0.4, 0.5) is 0 Å². The van der Waals surface area contributed by atoms with Crippen molar-refractivity contribution in [2.75, 3.05) is 0 Å². The van der Waals surface area contributed by atoms with E-state index in [4.69, 9.17) is 4.98 Å². The Labute approximate surface area is 183 Å². The normalized spacial score (nSPS) is 11.4. The highest BCUT2D eigenvalue weighted by Gasteiger charge is 2.18. The van der Waals surface area contributed by atoms with Gasteiger partial charge < -0.3 is 0 Å². The maximum Gasteiger partial charge on any atom is 0.267 e. The summed E-state index contributed by atoms with van der Waals surface area (Å²) >= 11 is 3.21. The second kappa shape index (κ2) is 7.74. The van der Waals surface area contributed by atoms with Crippen LogP contribution >= 0.6 is 23.1 Å². The van der Waals surface area contributed by atoms with Gasteiger partial charge in [0.1, 0.15) is 4.83 Å². The van der Waals surface area contributed by atoms with Crippen molar-refractivity contribution in [1.82, 2.24) is 9.55 Å². The fourth-order valence-corrected chi connectivity index (χ4v) is 5.82. The molecule has 30 heavy (non-hydrogen) atoms. The number of rotatable bonds is 4. The van der Waals surface area contributed by atoms with Crippen LogP contribution < -0.4 is 5.56 Å². The Hall–Kier alpha value is -2.89. The van der Waals surface area contributed by atoms with E-state index in [0.717, 1.165) is 37.3 Å². The van der Waals surface area contributed by atoms with Crippen molar-refractivity contribution < 1.29 is 0 Å². The molecule has 0 aliphatic rings. The van der Waals surface area contributed by atoms with Gasteiger partial charge in [0.15, 0.2) is 5.16 Å².